The van der Waals surface area contributed by atoms with Crippen LogP contribution in [0, 0.1) is 0 Å². The molecule has 6 nitrogen and oxygen atoms in total. The third-order valence-corrected chi connectivity index (χ3v) is 7.61. The molecule has 186 valence electrons. The molecule has 9 heteroatoms. The van der Waals surface area contributed by atoms with Crippen molar-refractivity contribution in [3.05, 3.63) is 80.3 Å². The van der Waals surface area contributed by atoms with E-state index in [0.29, 0.717) is 51.0 Å². The van der Waals surface area contributed by atoms with Crippen molar-refractivity contribution in [1.82, 2.24) is 4.90 Å². The van der Waals surface area contributed by atoms with Crippen molar-refractivity contribution in [2.75, 3.05) is 13.2 Å². The average Bonchev–Trinajstić information content (AvgIpc) is 3.46. The molecular weight excluding hydrogens is 564 g/mol. The van der Waals surface area contributed by atoms with Crippen LogP contribution in [0.15, 0.2) is 73.4 Å². The lowest BCUT2D eigenvalue weighted by molar-refractivity contribution is -0.122. The van der Waals surface area contributed by atoms with Crippen molar-refractivity contribution < 1.29 is 18.7 Å². The second-order valence-electron chi connectivity index (χ2n) is 7.92. The molecule has 0 radical (unpaired) electrons. The number of hydrogen-bond acceptors (Lipinski definition) is 6. The number of carbonyl (C=O) groups is 2. The maximum atomic E-state index is 13.0. The van der Waals surface area contributed by atoms with Crippen LogP contribution in [0.2, 0.25) is 5.02 Å². The number of esters is 1. The highest BCUT2D eigenvalue weighted by molar-refractivity contribution is 9.10. The number of benzene rings is 2. The monoisotopic (exact) mass is 586 g/mol. The first-order valence-electron chi connectivity index (χ1n) is 11.5. The molecule has 1 fully saturated rings. The Bertz CT molecular complexity index is 1330. The molecule has 1 saturated heterocycles. The highest BCUT2D eigenvalue weighted by Crippen LogP contribution is 2.36. The summed E-state index contributed by atoms with van der Waals surface area (Å²) in [5.41, 5.74) is 1.98. The highest BCUT2D eigenvalue weighted by atomic mass is 79.9. The molecule has 0 saturated carbocycles. The molecule has 0 bridgehead atoms. The summed E-state index contributed by atoms with van der Waals surface area (Å²) in [5, 5.41) is 1.13. The molecule has 0 unspecified atom stereocenters. The van der Waals surface area contributed by atoms with Crippen molar-refractivity contribution in [1.29, 1.82) is 0 Å². The van der Waals surface area contributed by atoms with Gasteiger partial charge in [0.1, 0.15) is 11.5 Å². The molecule has 2 heterocycles. The van der Waals surface area contributed by atoms with Gasteiger partial charge in [0, 0.05) is 22.7 Å². The summed E-state index contributed by atoms with van der Waals surface area (Å²) < 4.78 is 12.0. The van der Waals surface area contributed by atoms with E-state index in [1.807, 2.05) is 50.2 Å². The van der Waals surface area contributed by atoms with Crippen LogP contribution in [0.1, 0.15) is 42.8 Å². The number of ether oxygens (including phenoxy) is 1. The number of aliphatic imine (C=N–C) groups is 1. The smallest absolute Gasteiger partial charge is 0.338 e. The zero-order valence-electron chi connectivity index (χ0n) is 19.8. The average molecular weight is 588 g/mol. The minimum atomic E-state index is -0.333. The van der Waals surface area contributed by atoms with Crippen LogP contribution in [0.4, 0.5) is 5.69 Å². The lowest BCUT2D eigenvalue weighted by atomic mass is 10.1. The quantitative estimate of drug-likeness (QED) is 0.152. The van der Waals surface area contributed by atoms with Gasteiger partial charge < -0.3 is 9.15 Å². The van der Waals surface area contributed by atoms with E-state index in [1.54, 1.807) is 29.2 Å². The molecule has 0 aliphatic carbocycles. The van der Waals surface area contributed by atoms with Crippen LogP contribution < -0.4 is 0 Å². The molecular formula is C27H24BrClN2O4S. The predicted molar refractivity (Wildman–Crippen MR) is 149 cm³/mol. The number of unbranched alkanes of at least 4 members (excludes halogenated alkanes) is 1. The fraction of sp³-hybridized carbons (Fsp3) is 0.222. The van der Waals surface area contributed by atoms with E-state index in [9.17, 15) is 9.59 Å². The van der Waals surface area contributed by atoms with Crippen molar-refractivity contribution >= 4 is 68.1 Å². The zero-order chi connectivity index (χ0) is 25.7. The maximum Gasteiger partial charge on any atom is 0.338 e. The zero-order valence-corrected chi connectivity index (χ0v) is 23.0. The Morgan fingerprint density at radius 2 is 1.94 bits per heavy atom. The Labute approximate surface area is 227 Å². The fourth-order valence-electron chi connectivity index (χ4n) is 3.41. The first-order valence-corrected chi connectivity index (χ1v) is 13.5. The first kappa shape index (κ1) is 26.3. The fourth-order valence-corrected chi connectivity index (χ4v) is 4.88. The van der Waals surface area contributed by atoms with Gasteiger partial charge in [-0.2, -0.15) is 0 Å². The van der Waals surface area contributed by atoms with Crippen LogP contribution in [0.3, 0.4) is 0 Å². The predicted octanol–water partition coefficient (Wildman–Crippen LogP) is 7.94. The normalized spacial score (nSPS) is 15.8. The van der Waals surface area contributed by atoms with E-state index in [2.05, 4.69) is 20.9 Å². The van der Waals surface area contributed by atoms with Gasteiger partial charge in [-0.05, 0) is 83.5 Å². The first-order chi connectivity index (χ1) is 17.4. The molecule has 0 spiro atoms. The molecule has 4 rings (SSSR count). The molecule has 1 aliphatic rings. The van der Waals surface area contributed by atoms with Gasteiger partial charge in [0.25, 0.3) is 5.91 Å². The Morgan fingerprint density at radius 3 is 2.64 bits per heavy atom. The maximum absolute atomic E-state index is 13.0. The summed E-state index contributed by atoms with van der Waals surface area (Å²) in [4.78, 5) is 31.8. The van der Waals surface area contributed by atoms with E-state index in [4.69, 9.17) is 20.8 Å². The van der Waals surface area contributed by atoms with Crippen molar-refractivity contribution in [3.63, 3.8) is 0 Å². The van der Waals surface area contributed by atoms with E-state index in [-0.39, 0.29) is 11.9 Å². The number of rotatable bonds is 8. The van der Waals surface area contributed by atoms with Gasteiger partial charge >= 0.3 is 5.97 Å². The molecule has 0 N–H and O–H groups in total. The van der Waals surface area contributed by atoms with Gasteiger partial charge in [0.05, 0.1) is 27.8 Å². The van der Waals surface area contributed by atoms with Gasteiger partial charge in [-0.3, -0.25) is 9.69 Å². The van der Waals surface area contributed by atoms with Crippen LogP contribution in [-0.2, 0) is 9.53 Å². The number of halogens is 2. The summed E-state index contributed by atoms with van der Waals surface area (Å²) in [5.74, 6) is 0.718. The van der Waals surface area contributed by atoms with Crippen molar-refractivity contribution in [2.45, 2.75) is 26.7 Å². The van der Waals surface area contributed by atoms with E-state index in [0.717, 1.165) is 22.9 Å². The van der Waals surface area contributed by atoms with Crippen LogP contribution in [0.25, 0.3) is 17.4 Å². The van der Waals surface area contributed by atoms with Gasteiger partial charge in [-0.15, -0.1) is 0 Å². The number of nitrogens with zero attached hydrogens (tertiary/aromatic N) is 2. The second kappa shape index (κ2) is 12.0. The lowest BCUT2D eigenvalue weighted by Gasteiger charge is -2.12. The minimum absolute atomic E-state index is 0.131. The summed E-state index contributed by atoms with van der Waals surface area (Å²) in [7, 11) is 0. The molecule has 3 aromatic rings. The molecule has 1 aromatic heterocycles. The number of carbonyl (C=O) groups excluding carboxylic acids is 2. The number of thioether (sulfide) groups is 1. The van der Waals surface area contributed by atoms with Crippen LogP contribution >= 0.6 is 39.3 Å². The SMILES string of the molecule is CCCCOC(=O)c1ccc(-c2ccc(/C=C3\SC(=Nc4ccc(Br)c(Cl)c4)N(CC)C3=O)o2)cc1. The summed E-state index contributed by atoms with van der Waals surface area (Å²) in [6.07, 6.45) is 3.53. The largest absolute Gasteiger partial charge is 0.462 e. The molecule has 0 atom stereocenters. The molecule has 1 aliphatic heterocycles. The van der Waals surface area contributed by atoms with Gasteiger partial charge in [-0.25, -0.2) is 9.79 Å². The summed E-state index contributed by atoms with van der Waals surface area (Å²) in [6, 6.07) is 16.1. The van der Waals surface area contributed by atoms with Crippen molar-refractivity contribution in [3.8, 4) is 11.3 Å². The number of hydrogen-bond donors (Lipinski definition) is 0. The number of likely N-dealkylation sites (N-methyl/N-ethyl adjacent to an activating group) is 1. The van der Waals surface area contributed by atoms with Crippen LogP contribution in [-0.4, -0.2) is 35.1 Å². The Hall–Kier alpha value is -2.81. The standard InChI is InChI=1S/C27H24BrClN2O4S/c1-3-5-14-34-26(33)18-8-6-17(7-9-18)23-13-11-20(35-23)16-24-25(32)31(4-2)27(36-24)30-19-10-12-21(28)22(29)15-19/h6-13,15-16H,3-5,14H2,1-2H3/b24-16-,30-27?. The highest BCUT2D eigenvalue weighted by Gasteiger charge is 2.32. The van der Waals surface area contributed by atoms with Gasteiger partial charge in [-0.1, -0.05) is 37.1 Å². The van der Waals surface area contributed by atoms with E-state index < -0.39 is 0 Å². The molecule has 36 heavy (non-hydrogen) atoms. The Balaban J connectivity index is 1.50. The topological polar surface area (TPSA) is 72.1 Å². The number of amides is 1. The third-order valence-electron chi connectivity index (χ3n) is 5.37. The summed E-state index contributed by atoms with van der Waals surface area (Å²) in [6.45, 7) is 4.86. The Kier molecular flexibility index (Phi) is 8.72. The van der Waals surface area contributed by atoms with E-state index >= 15 is 0 Å². The lowest BCUT2D eigenvalue weighted by Crippen LogP contribution is -2.28. The van der Waals surface area contributed by atoms with Gasteiger partial charge in [0.2, 0.25) is 0 Å². The summed E-state index contributed by atoms with van der Waals surface area (Å²) >= 11 is 10.9. The number of amidine groups is 1. The minimum Gasteiger partial charge on any atom is -0.462 e. The van der Waals surface area contributed by atoms with Crippen molar-refractivity contribution in [2.24, 2.45) is 4.99 Å². The number of furan rings is 1. The molecule has 1 amide bonds. The van der Waals surface area contributed by atoms with E-state index in [1.165, 1.54) is 11.8 Å². The Morgan fingerprint density at radius 1 is 1.17 bits per heavy atom. The third kappa shape index (κ3) is 6.11. The van der Waals surface area contributed by atoms with Crippen LogP contribution in [0.5, 0.6) is 0 Å². The second-order valence-corrected chi connectivity index (χ2v) is 10.2. The molecule has 2 aromatic carbocycles. The van der Waals surface area contributed by atoms with Gasteiger partial charge in [0.15, 0.2) is 5.17 Å².